The topological polar surface area (TPSA) is 149 Å². The van der Waals surface area contributed by atoms with Crippen LogP contribution in [0, 0.1) is 0 Å². The lowest BCUT2D eigenvalue weighted by molar-refractivity contribution is -0.153. The number of ether oxygens (including phenoxy) is 2. The van der Waals surface area contributed by atoms with Crippen molar-refractivity contribution in [2.24, 2.45) is 0 Å². The molecule has 0 heterocycles. The van der Waals surface area contributed by atoms with E-state index in [1.54, 1.807) is 0 Å². The van der Waals surface area contributed by atoms with Crippen LogP contribution in [0.4, 0.5) is 0 Å². The first-order valence-electron chi connectivity index (χ1n) is 27.3. The summed E-state index contributed by atoms with van der Waals surface area (Å²) in [6.45, 7) is 2.24. The van der Waals surface area contributed by atoms with Crippen molar-refractivity contribution < 1.29 is 47.8 Å². The molecule has 0 aromatic heterocycles. The van der Waals surface area contributed by atoms with E-state index in [2.05, 4.69) is 38.2 Å². The van der Waals surface area contributed by atoms with Gasteiger partial charge >= 0.3 is 19.8 Å². The Hall–Kier alpha value is -1.55. The molecule has 0 bridgehead atoms. The van der Waals surface area contributed by atoms with Gasteiger partial charge in [-0.15, -0.1) is 0 Å². The second-order valence-electron chi connectivity index (χ2n) is 18.6. The normalized spacial score (nSPS) is 13.7. The van der Waals surface area contributed by atoms with E-state index in [0.29, 0.717) is 12.8 Å². The Morgan fingerprint density at radius 2 is 0.677 bits per heavy atom. The molecule has 3 N–H and O–H groups in total. The Bertz CT molecular complexity index is 1130. The van der Waals surface area contributed by atoms with Crippen LogP contribution in [0.3, 0.4) is 0 Å². The molecule has 10 nitrogen and oxygen atoms in total. The highest BCUT2D eigenvalue weighted by Crippen LogP contribution is 2.43. The minimum absolute atomic E-state index is 0.190. The largest absolute Gasteiger partial charge is 0.472 e. The van der Waals surface area contributed by atoms with Gasteiger partial charge in [-0.1, -0.05) is 237 Å². The van der Waals surface area contributed by atoms with E-state index in [0.717, 1.165) is 51.4 Å². The summed E-state index contributed by atoms with van der Waals surface area (Å²) in [5.74, 6) is -1.01. The monoisotopic (exact) mass is 943 g/mol. The van der Waals surface area contributed by atoms with Crippen molar-refractivity contribution in [3.8, 4) is 0 Å². The van der Waals surface area contributed by atoms with Gasteiger partial charge in [0.1, 0.15) is 12.2 Å². The molecule has 0 saturated carbocycles. The smallest absolute Gasteiger partial charge is 0.457 e. The summed E-state index contributed by atoms with van der Waals surface area (Å²) < 4.78 is 32.8. The van der Waals surface area contributed by atoms with Gasteiger partial charge < -0.3 is 24.6 Å². The Labute approximate surface area is 399 Å². The first-order chi connectivity index (χ1) is 31.8. The Morgan fingerprint density at radius 1 is 0.415 bits per heavy atom. The lowest BCUT2D eigenvalue weighted by Gasteiger charge is -2.20. The summed E-state index contributed by atoms with van der Waals surface area (Å²) in [5.41, 5.74) is 0. The van der Waals surface area contributed by atoms with Crippen molar-refractivity contribution in [2.75, 3.05) is 26.4 Å². The Morgan fingerprint density at radius 3 is 0.985 bits per heavy atom. The third-order valence-corrected chi connectivity index (χ3v) is 13.1. The highest BCUT2D eigenvalue weighted by Gasteiger charge is 2.27. The van der Waals surface area contributed by atoms with E-state index < -0.39 is 58.4 Å². The van der Waals surface area contributed by atoms with Crippen molar-refractivity contribution in [3.05, 3.63) is 24.3 Å². The van der Waals surface area contributed by atoms with Gasteiger partial charge in [0.15, 0.2) is 0 Å². The van der Waals surface area contributed by atoms with Crippen LogP contribution in [0.1, 0.15) is 271 Å². The molecule has 384 valence electrons. The molecule has 3 atom stereocenters. The second-order valence-corrected chi connectivity index (χ2v) is 20.0. The minimum atomic E-state index is -4.64. The molecule has 0 amide bonds. The zero-order valence-electron chi connectivity index (χ0n) is 42.2. The predicted molar refractivity (Wildman–Crippen MR) is 270 cm³/mol. The fourth-order valence-electron chi connectivity index (χ4n) is 7.97. The maximum absolute atomic E-state index is 12.4. The number of unbranched alkanes of at least 4 members (excludes halogenated alkanes) is 34. The van der Waals surface area contributed by atoms with Gasteiger partial charge in [-0.3, -0.25) is 18.6 Å². The van der Waals surface area contributed by atoms with Crippen LogP contribution in [0.25, 0.3) is 0 Å². The maximum Gasteiger partial charge on any atom is 0.472 e. The third-order valence-electron chi connectivity index (χ3n) is 12.2. The molecule has 0 spiro atoms. The van der Waals surface area contributed by atoms with Crippen LogP contribution in [0.15, 0.2) is 24.3 Å². The number of hydrogen-bond donors (Lipinski definition) is 3. The molecule has 0 aromatic rings. The van der Waals surface area contributed by atoms with Crippen LogP contribution in [0.5, 0.6) is 0 Å². The number of carbonyl (C=O) groups is 2. The summed E-state index contributed by atoms with van der Waals surface area (Å²) in [6.07, 6.45) is 54.4. The molecular formula is C54H103O10P. The number of aliphatic hydroxyl groups excluding tert-OH is 2. The van der Waals surface area contributed by atoms with Gasteiger partial charge in [0.2, 0.25) is 0 Å². The van der Waals surface area contributed by atoms with Crippen molar-refractivity contribution in [1.29, 1.82) is 0 Å². The van der Waals surface area contributed by atoms with Crippen molar-refractivity contribution in [2.45, 2.75) is 283 Å². The summed E-state index contributed by atoms with van der Waals surface area (Å²) in [4.78, 5) is 34.7. The molecule has 0 aliphatic heterocycles. The van der Waals surface area contributed by atoms with Crippen LogP contribution in [0.2, 0.25) is 0 Å². The van der Waals surface area contributed by atoms with Gasteiger partial charge in [0.05, 0.1) is 26.4 Å². The molecule has 65 heavy (non-hydrogen) atoms. The fraction of sp³-hybridized carbons (Fsp3) is 0.889. The van der Waals surface area contributed by atoms with Gasteiger partial charge in [0.25, 0.3) is 0 Å². The van der Waals surface area contributed by atoms with E-state index in [1.807, 2.05) is 0 Å². The van der Waals surface area contributed by atoms with Crippen LogP contribution in [-0.4, -0.2) is 65.7 Å². The van der Waals surface area contributed by atoms with E-state index in [9.17, 15) is 29.3 Å². The SMILES string of the molecule is CCCCC/C=C\C/C=C\CCCCCCCCCCCC(=O)OC(CO)COP(=O)(O)OCC(CO)OC(=O)CCCCCCCCCCCCCCCCCCCCCCCCC. The number of esters is 2. The molecule has 0 fully saturated rings. The Balaban J connectivity index is 3.78. The molecule has 0 rings (SSSR count). The van der Waals surface area contributed by atoms with Gasteiger partial charge in [-0.05, 0) is 44.9 Å². The highest BCUT2D eigenvalue weighted by atomic mass is 31.2. The van der Waals surface area contributed by atoms with E-state index in [4.69, 9.17) is 18.5 Å². The summed E-state index contributed by atoms with van der Waals surface area (Å²) in [5, 5.41) is 19.3. The second kappa shape index (κ2) is 50.3. The average molecular weight is 943 g/mol. The molecule has 0 radical (unpaired) electrons. The molecule has 0 aliphatic rings. The zero-order valence-corrected chi connectivity index (χ0v) is 43.1. The summed E-state index contributed by atoms with van der Waals surface area (Å²) in [6, 6.07) is 0. The molecule has 11 heteroatoms. The minimum Gasteiger partial charge on any atom is -0.457 e. The molecule has 3 unspecified atom stereocenters. The first kappa shape index (κ1) is 63.5. The van der Waals surface area contributed by atoms with Crippen LogP contribution >= 0.6 is 7.82 Å². The quantitative estimate of drug-likeness (QED) is 0.0233. The molecule has 0 aliphatic carbocycles. The average Bonchev–Trinajstić information content (AvgIpc) is 3.30. The van der Waals surface area contributed by atoms with Crippen molar-refractivity contribution >= 4 is 19.8 Å². The predicted octanol–water partition coefficient (Wildman–Crippen LogP) is 15.7. The number of rotatable bonds is 52. The van der Waals surface area contributed by atoms with E-state index in [-0.39, 0.29) is 12.8 Å². The van der Waals surface area contributed by atoms with Crippen molar-refractivity contribution in [3.63, 3.8) is 0 Å². The lowest BCUT2D eigenvalue weighted by atomic mass is 10.0. The summed E-state index contributed by atoms with van der Waals surface area (Å²) >= 11 is 0. The van der Waals surface area contributed by atoms with Crippen LogP contribution in [-0.2, 0) is 32.7 Å². The highest BCUT2D eigenvalue weighted by molar-refractivity contribution is 7.47. The summed E-state index contributed by atoms with van der Waals surface area (Å²) in [7, 11) is -4.64. The van der Waals surface area contributed by atoms with Gasteiger partial charge in [0, 0.05) is 12.8 Å². The molecule has 0 saturated heterocycles. The zero-order chi connectivity index (χ0) is 47.6. The first-order valence-corrected chi connectivity index (χ1v) is 28.8. The Kier molecular flexibility index (Phi) is 49.1. The number of carbonyl (C=O) groups excluding carboxylic acids is 2. The van der Waals surface area contributed by atoms with Crippen molar-refractivity contribution in [1.82, 2.24) is 0 Å². The third kappa shape index (κ3) is 48.7. The number of aliphatic hydroxyl groups is 2. The standard InChI is InChI=1S/C54H103O10P/c1-3-5-7-9-11-13-15-17-19-21-23-24-25-26-28-30-32-34-36-38-40-42-44-46-54(58)64-52(48-56)50-62-65(59,60)61-49-51(47-55)63-53(57)45-43-41-39-37-35-33-31-29-27-22-20-18-16-14-12-10-8-6-4-2/h12,14,18,20,51-52,55-56H,3-11,13,15-17,19,21-50H2,1-2H3,(H,59,60)/b14-12-,20-18-. The van der Waals surface area contributed by atoms with Gasteiger partial charge in [-0.2, -0.15) is 0 Å². The van der Waals surface area contributed by atoms with Crippen LogP contribution < -0.4 is 0 Å². The number of phosphoric acid groups is 1. The van der Waals surface area contributed by atoms with E-state index >= 15 is 0 Å². The number of phosphoric ester groups is 1. The lowest BCUT2D eigenvalue weighted by Crippen LogP contribution is -2.28. The van der Waals surface area contributed by atoms with Gasteiger partial charge in [-0.25, -0.2) is 4.57 Å². The molecular weight excluding hydrogens is 840 g/mol. The number of allylic oxidation sites excluding steroid dienone is 4. The van der Waals surface area contributed by atoms with E-state index in [1.165, 1.54) is 180 Å². The maximum atomic E-state index is 12.4. The fourth-order valence-corrected chi connectivity index (χ4v) is 8.76. The number of hydrogen-bond acceptors (Lipinski definition) is 9. The molecule has 0 aromatic carbocycles.